The Morgan fingerprint density at radius 3 is 2.85 bits per heavy atom. The average molecular weight is 283 g/mol. The number of urea groups is 1. The summed E-state index contributed by atoms with van der Waals surface area (Å²) in [7, 11) is 3.99. The molecule has 0 unspecified atom stereocenters. The number of carbonyl (C=O) groups is 1. The second-order valence-corrected chi connectivity index (χ2v) is 5.05. The normalized spacial score (nSPS) is 11.1. The zero-order chi connectivity index (χ0) is 15.0. The number of likely N-dealkylation sites (N-methyl/N-ethyl adjacent to an activating group) is 1. The maximum absolute atomic E-state index is 11.7. The van der Waals surface area contributed by atoms with Crippen molar-refractivity contribution in [1.82, 2.24) is 20.0 Å². The van der Waals surface area contributed by atoms with Gasteiger partial charge >= 0.3 is 6.03 Å². The van der Waals surface area contributed by atoms with Gasteiger partial charge in [-0.2, -0.15) is 5.10 Å². The summed E-state index contributed by atoms with van der Waals surface area (Å²) < 4.78 is 7.15. The van der Waals surface area contributed by atoms with Gasteiger partial charge in [0.2, 0.25) is 0 Å². The minimum absolute atomic E-state index is 0.203. The summed E-state index contributed by atoms with van der Waals surface area (Å²) >= 11 is 0. The van der Waals surface area contributed by atoms with Gasteiger partial charge < -0.3 is 15.0 Å². The SMILES string of the molecule is CC(C)n1nccc1NC(=O)NCCOCCN(C)C. The van der Waals surface area contributed by atoms with Crippen LogP contribution >= 0.6 is 0 Å². The van der Waals surface area contributed by atoms with E-state index in [-0.39, 0.29) is 12.1 Å². The lowest BCUT2D eigenvalue weighted by molar-refractivity contribution is 0.120. The van der Waals surface area contributed by atoms with Crippen LogP contribution in [-0.4, -0.2) is 61.1 Å². The maximum Gasteiger partial charge on any atom is 0.320 e. The Balaban J connectivity index is 2.19. The van der Waals surface area contributed by atoms with Crippen molar-refractivity contribution >= 4 is 11.8 Å². The number of carbonyl (C=O) groups excluding carboxylic acids is 1. The fourth-order valence-corrected chi connectivity index (χ4v) is 1.57. The van der Waals surface area contributed by atoms with Gasteiger partial charge in [0.05, 0.1) is 19.4 Å². The molecule has 0 atom stereocenters. The highest BCUT2D eigenvalue weighted by Crippen LogP contribution is 2.12. The molecule has 0 aromatic carbocycles. The van der Waals surface area contributed by atoms with E-state index in [4.69, 9.17) is 4.74 Å². The van der Waals surface area contributed by atoms with Crippen LogP contribution in [0.2, 0.25) is 0 Å². The van der Waals surface area contributed by atoms with E-state index in [0.29, 0.717) is 25.6 Å². The molecule has 1 heterocycles. The fraction of sp³-hybridized carbons (Fsp3) is 0.692. The van der Waals surface area contributed by atoms with E-state index < -0.39 is 0 Å². The number of nitrogens with one attached hydrogen (secondary N) is 2. The molecule has 0 fully saturated rings. The van der Waals surface area contributed by atoms with Crippen molar-refractivity contribution in [2.24, 2.45) is 0 Å². The summed E-state index contributed by atoms with van der Waals surface area (Å²) in [6.07, 6.45) is 1.67. The highest BCUT2D eigenvalue weighted by Gasteiger charge is 2.08. The van der Waals surface area contributed by atoms with Crippen LogP contribution in [-0.2, 0) is 4.74 Å². The lowest BCUT2D eigenvalue weighted by Gasteiger charge is -2.13. The largest absolute Gasteiger partial charge is 0.378 e. The third kappa shape index (κ3) is 6.03. The molecule has 2 N–H and O–H groups in total. The van der Waals surface area contributed by atoms with Gasteiger partial charge in [0.25, 0.3) is 0 Å². The molecule has 2 amide bonds. The van der Waals surface area contributed by atoms with Crippen molar-refractivity contribution in [2.45, 2.75) is 19.9 Å². The number of hydrogen-bond donors (Lipinski definition) is 2. The summed E-state index contributed by atoms with van der Waals surface area (Å²) in [5.41, 5.74) is 0. The number of hydrogen-bond acceptors (Lipinski definition) is 4. The molecular formula is C13H25N5O2. The van der Waals surface area contributed by atoms with Crippen molar-refractivity contribution in [3.8, 4) is 0 Å². The first-order chi connectivity index (χ1) is 9.50. The lowest BCUT2D eigenvalue weighted by atomic mass is 10.4. The van der Waals surface area contributed by atoms with Crippen molar-refractivity contribution in [3.05, 3.63) is 12.3 Å². The van der Waals surface area contributed by atoms with Crippen LogP contribution in [0, 0.1) is 0 Å². The molecule has 1 rings (SSSR count). The average Bonchev–Trinajstić information content (AvgIpc) is 2.81. The van der Waals surface area contributed by atoms with Crippen LogP contribution in [0.25, 0.3) is 0 Å². The molecule has 0 bridgehead atoms. The number of ether oxygens (including phenoxy) is 1. The monoisotopic (exact) mass is 283 g/mol. The predicted octanol–water partition coefficient (Wildman–Crippen LogP) is 1.16. The summed E-state index contributed by atoms with van der Waals surface area (Å²) in [6, 6.07) is 1.73. The second-order valence-electron chi connectivity index (χ2n) is 5.05. The molecule has 1 aromatic rings. The number of nitrogens with zero attached hydrogens (tertiary/aromatic N) is 3. The lowest BCUT2D eigenvalue weighted by Crippen LogP contribution is -2.33. The first-order valence-corrected chi connectivity index (χ1v) is 6.81. The number of anilines is 1. The standard InChI is InChI=1S/C13H25N5O2/c1-11(2)18-12(5-6-15-18)16-13(19)14-7-9-20-10-8-17(3)4/h5-6,11H,7-10H2,1-4H3,(H2,14,16,19). The molecule has 7 heteroatoms. The quantitative estimate of drug-likeness (QED) is 0.702. The summed E-state index contributed by atoms with van der Waals surface area (Å²) in [6.45, 7) is 6.54. The zero-order valence-electron chi connectivity index (χ0n) is 12.7. The van der Waals surface area contributed by atoms with E-state index in [2.05, 4.69) is 15.7 Å². The Morgan fingerprint density at radius 2 is 2.20 bits per heavy atom. The Hall–Kier alpha value is -1.60. The maximum atomic E-state index is 11.7. The number of amides is 2. The highest BCUT2D eigenvalue weighted by molar-refractivity contribution is 5.88. The van der Waals surface area contributed by atoms with Gasteiger partial charge in [-0.25, -0.2) is 9.48 Å². The minimum atomic E-state index is -0.247. The minimum Gasteiger partial charge on any atom is -0.378 e. The fourth-order valence-electron chi connectivity index (χ4n) is 1.57. The van der Waals surface area contributed by atoms with Gasteiger partial charge in [-0.15, -0.1) is 0 Å². The van der Waals surface area contributed by atoms with Gasteiger partial charge in [-0.05, 0) is 27.9 Å². The summed E-state index contributed by atoms with van der Waals surface area (Å²) in [5, 5.41) is 9.66. The van der Waals surface area contributed by atoms with Gasteiger partial charge in [0, 0.05) is 25.2 Å². The number of rotatable bonds is 8. The van der Waals surface area contributed by atoms with Gasteiger partial charge in [-0.1, -0.05) is 0 Å². The molecule has 1 aromatic heterocycles. The molecule has 0 aliphatic rings. The molecular weight excluding hydrogens is 258 g/mol. The molecule has 20 heavy (non-hydrogen) atoms. The Bertz CT molecular complexity index is 403. The van der Waals surface area contributed by atoms with Crippen LogP contribution in [0.5, 0.6) is 0 Å². The molecule has 114 valence electrons. The molecule has 0 aliphatic carbocycles. The van der Waals surface area contributed by atoms with Crippen molar-refractivity contribution in [3.63, 3.8) is 0 Å². The van der Waals surface area contributed by atoms with Crippen LogP contribution < -0.4 is 10.6 Å². The van der Waals surface area contributed by atoms with Crippen LogP contribution in [0.3, 0.4) is 0 Å². The summed E-state index contributed by atoms with van der Waals surface area (Å²) in [4.78, 5) is 13.7. The molecule has 0 saturated heterocycles. The van der Waals surface area contributed by atoms with E-state index in [1.165, 1.54) is 0 Å². The summed E-state index contributed by atoms with van der Waals surface area (Å²) in [5.74, 6) is 0.686. The van der Waals surface area contributed by atoms with E-state index in [1.807, 2.05) is 32.8 Å². The third-order valence-electron chi connectivity index (χ3n) is 2.62. The third-order valence-corrected chi connectivity index (χ3v) is 2.62. The molecule has 0 saturated carbocycles. The van der Waals surface area contributed by atoms with Gasteiger partial charge in [0.15, 0.2) is 0 Å². The number of aromatic nitrogens is 2. The zero-order valence-corrected chi connectivity index (χ0v) is 12.7. The smallest absolute Gasteiger partial charge is 0.320 e. The highest BCUT2D eigenvalue weighted by atomic mass is 16.5. The van der Waals surface area contributed by atoms with Gasteiger partial charge in [0.1, 0.15) is 5.82 Å². The van der Waals surface area contributed by atoms with E-state index >= 15 is 0 Å². The molecule has 7 nitrogen and oxygen atoms in total. The van der Waals surface area contributed by atoms with Crippen molar-refractivity contribution in [1.29, 1.82) is 0 Å². The van der Waals surface area contributed by atoms with E-state index in [0.717, 1.165) is 6.54 Å². The van der Waals surface area contributed by atoms with Crippen molar-refractivity contribution in [2.75, 3.05) is 45.7 Å². The first-order valence-electron chi connectivity index (χ1n) is 6.81. The van der Waals surface area contributed by atoms with Crippen LogP contribution in [0.15, 0.2) is 12.3 Å². The van der Waals surface area contributed by atoms with E-state index in [9.17, 15) is 4.79 Å². The van der Waals surface area contributed by atoms with E-state index in [1.54, 1.807) is 16.9 Å². The first kappa shape index (κ1) is 16.5. The van der Waals surface area contributed by atoms with Gasteiger partial charge in [-0.3, -0.25) is 5.32 Å². The molecule has 0 spiro atoms. The Labute approximate surface area is 120 Å². The molecule has 0 aliphatic heterocycles. The Kier molecular flexibility index (Phi) is 7.03. The molecule has 0 radical (unpaired) electrons. The van der Waals surface area contributed by atoms with Crippen molar-refractivity contribution < 1.29 is 9.53 Å². The van der Waals surface area contributed by atoms with Crippen LogP contribution in [0.1, 0.15) is 19.9 Å². The van der Waals surface area contributed by atoms with Crippen LogP contribution in [0.4, 0.5) is 10.6 Å². The topological polar surface area (TPSA) is 71.4 Å². The Morgan fingerprint density at radius 1 is 1.45 bits per heavy atom. The predicted molar refractivity (Wildman–Crippen MR) is 79.0 cm³/mol. The second kappa shape index (κ2) is 8.55.